The molecule has 1 amide bonds. The molecule has 8 nitrogen and oxygen atoms in total. The quantitative estimate of drug-likeness (QED) is 0.761. The molecule has 0 spiro atoms. The van der Waals surface area contributed by atoms with E-state index in [9.17, 15) is 18.0 Å². The Hall–Kier alpha value is -1.87. The lowest BCUT2D eigenvalue weighted by Crippen LogP contribution is -2.31. The molecule has 1 aromatic rings. The van der Waals surface area contributed by atoms with Crippen molar-refractivity contribution in [3.63, 3.8) is 0 Å². The van der Waals surface area contributed by atoms with Crippen LogP contribution >= 0.6 is 0 Å². The average Bonchev–Trinajstić information content (AvgIpc) is 2.88. The Morgan fingerprint density at radius 2 is 1.95 bits per heavy atom. The number of hydrogen-bond donors (Lipinski definition) is 2. The number of furan rings is 1. The Morgan fingerprint density at radius 1 is 1.36 bits per heavy atom. The highest BCUT2D eigenvalue weighted by Crippen LogP contribution is 2.20. The maximum absolute atomic E-state index is 11.9. The molecule has 0 fully saturated rings. The summed E-state index contributed by atoms with van der Waals surface area (Å²) in [6, 6.07) is 1.13. The van der Waals surface area contributed by atoms with Crippen LogP contribution in [0.1, 0.15) is 30.6 Å². The third kappa shape index (κ3) is 4.08. The first-order valence-electron chi connectivity index (χ1n) is 6.51. The van der Waals surface area contributed by atoms with Gasteiger partial charge in [0.1, 0.15) is 6.26 Å². The van der Waals surface area contributed by atoms with Gasteiger partial charge in [-0.05, 0) is 20.3 Å². The minimum Gasteiger partial charge on any atom is -0.481 e. The van der Waals surface area contributed by atoms with E-state index in [2.05, 4.69) is 5.32 Å². The number of carbonyl (C=O) groups is 2. The second-order valence-electron chi connectivity index (χ2n) is 5.64. The van der Waals surface area contributed by atoms with Crippen molar-refractivity contribution < 1.29 is 27.5 Å². The van der Waals surface area contributed by atoms with Gasteiger partial charge in [-0.15, -0.1) is 0 Å². The Labute approximate surface area is 129 Å². The molecule has 0 saturated heterocycles. The first-order chi connectivity index (χ1) is 9.98. The number of sulfonamides is 1. The van der Waals surface area contributed by atoms with Crippen molar-refractivity contribution >= 4 is 21.9 Å². The van der Waals surface area contributed by atoms with Gasteiger partial charge >= 0.3 is 5.97 Å². The maximum atomic E-state index is 11.9. The molecule has 0 atom stereocenters. The first-order valence-corrected chi connectivity index (χ1v) is 7.95. The van der Waals surface area contributed by atoms with Gasteiger partial charge in [-0.1, -0.05) is 0 Å². The van der Waals surface area contributed by atoms with Crippen LogP contribution < -0.4 is 5.32 Å². The van der Waals surface area contributed by atoms with Gasteiger partial charge in [-0.2, -0.15) is 0 Å². The summed E-state index contributed by atoms with van der Waals surface area (Å²) < 4.78 is 29.5. The lowest BCUT2D eigenvalue weighted by Gasteiger charge is -2.18. The number of nitrogens with zero attached hydrogens (tertiary/aromatic N) is 1. The topological polar surface area (TPSA) is 117 Å². The summed E-state index contributed by atoms with van der Waals surface area (Å²) in [5.41, 5.74) is -0.892. The summed E-state index contributed by atoms with van der Waals surface area (Å²) in [5, 5.41) is 11.2. The number of rotatable bonds is 7. The third-order valence-corrected chi connectivity index (χ3v) is 4.87. The summed E-state index contributed by atoms with van der Waals surface area (Å²) in [6.45, 7) is 3.27. The lowest BCUT2D eigenvalue weighted by molar-refractivity contribution is -0.147. The van der Waals surface area contributed by atoms with Crippen molar-refractivity contribution in [1.29, 1.82) is 0 Å². The summed E-state index contributed by atoms with van der Waals surface area (Å²) in [5.74, 6) is -1.48. The molecule has 1 rings (SSSR count). The number of carboxylic acid groups (broad SMARTS) is 1. The van der Waals surface area contributed by atoms with E-state index in [1.165, 1.54) is 14.1 Å². The van der Waals surface area contributed by atoms with E-state index in [0.29, 0.717) is 0 Å². The van der Waals surface area contributed by atoms with Crippen molar-refractivity contribution in [2.75, 3.05) is 20.6 Å². The highest BCUT2D eigenvalue weighted by molar-refractivity contribution is 7.88. The van der Waals surface area contributed by atoms with Crippen LogP contribution in [0.5, 0.6) is 0 Å². The van der Waals surface area contributed by atoms with E-state index in [1.54, 1.807) is 13.8 Å². The van der Waals surface area contributed by atoms with Crippen LogP contribution in [0.4, 0.5) is 0 Å². The zero-order valence-electron chi connectivity index (χ0n) is 12.9. The van der Waals surface area contributed by atoms with Crippen molar-refractivity contribution in [3.05, 3.63) is 17.9 Å². The van der Waals surface area contributed by atoms with Gasteiger partial charge in [0.05, 0.1) is 11.0 Å². The van der Waals surface area contributed by atoms with Gasteiger partial charge in [0, 0.05) is 26.7 Å². The van der Waals surface area contributed by atoms with Gasteiger partial charge in [0.15, 0.2) is 0 Å². The highest BCUT2D eigenvalue weighted by Gasteiger charge is 2.27. The number of nitrogens with one attached hydrogen (secondary N) is 1. The van der Waals surface area contributed by atoms with E-state index in [4.69, 9.17) is 9.52 Å². The summed E-state index contributed by atoms with van der Waals surface area (Å²) in [4.78, 5) is 22.8. The predicted octanol–water partition coefficient (Wildman–Crippen LogP) is 0.761. The Bertz CT molecular complexity index is 660. The van der Waals surface area contributed by atoms with E-state index in [-0.39, 0.29) is 23.6 Å². The second kappa shape index (κ2) is 6.49. The second-order valence-corrected chi connectivity index (χ2v) is 7.72. The van der Waals surface area contributed by atoms with Gasteiger partial charge < -0.3 is 14.8 Å². The molecule has 0 radical (unpaired) electrons. The van der Waals surface area contributed by atoms with Crippen molar-refractivity contribution in [3.8, 4) is 0 Å². The van der Waals surface area contributed by atoms with Crippen molar-refractivity contribution in [1.82, 2.24) is 9.62 Å². The Kier molecular flexibility index (Phi) is 5.36. The van der Waals surface area contributed by atoms with Crippen molar-refractivity contribution in [2.45, 2.75) is 25.4 Å². The van der Waals surface area contributed by atoms with E-state index in [0.717, 1.165) is 16.6 Å². The molecule has 0 aliphatic heterocycles. The highest BCUT2D eigenvalue weighted by atomic mass is 32.2. The monoisotopic (exact) mass is 332 g/mol. The Balaban J connectivity index is 2.69. The zero-order valence-corrected chi connectivity index (χ0v) is 13.7. The lowest BCUT2D eigenvalue weighted by atomic mass is 9.90. The molecule has 0 aromatic carbocycles. The van der Waals surface area contributed by atoms with Crippen LogP contribution in [0.3, 0.4) is 0 Å². The molecule has 0 unspecified atom stereocenters. The molecular weight excluding hydrogens is 312 g/mol. The van der Waals surface area contributed by atoms with Gasteiger partial charge in [-0.3, -0.25) is 9.59 Å². The molecule has 0 aliphatic rings. The normalized spacial score (nSPS) is 12.4. The molecule has 0 bridgehead atoms. The number of hydrogen-bond acceptors (Lipinski definition) is 5. The van der Waals surface area contributed by atoms with E-state index >= 15 is 0 Å². The number of carboxylic acids is 1. The molecule has 2 N–H and O–H groups in total. The third-order valence-electron chi connectivity index (χ3n) is 3.19. The largest absolute Gasteiger partial charge is 0.481 e. The minimum absolute atomic E-state index is 0.0635. The van der Waals surface area contributed by atoms with Crippen LogP contribution in [0.2, 0.25) is 0 Å². The van der Waals surface area contributed by atoms with Gasteiger partial charge in [0.25, 0.3) is 15.9 Å². The average molecular weight is 332 g/mol. The molecule has 0 saturated carbocycles. The number of carbonyl (C=O) groups excluding carboxylic acids is 1. The predicted molar refractivity (Wildman–Crippen MR) is 77.9 cm³/mol. The van der Waals surface area contributed by atoms with E-state index < -0.39 is 27.3 Å². The van der Waals surface area contributed by atoms with Crippen LogP contribution in [0.25, 0.3) is 0 Å². The molecule has 124 valence electrons. The van der Waals surface area contributed by atoms with Crippen LogP contribution in [0, 0.1) is 5.41 Å². The van der Waals surface area contributed by atoms with Gasteiger partial charge in [-0.25, -0.2) is 12.7 Å². The van der Waals surface area contributed by atoms with Crippen molar-refractivity contribution in [2.24, 2.45) is 5.41 Å². The first kappa shape index (κ1) is 18.2. The van der Waals surface area contributed by atoms with Crippen LogP contribution in [-0.4, -0.2) is 50.3 Å². The fourth-order valence-electron chi connectivity index (χ4n) is 1.45. The molecule has 0 aliphatic carbocycles. The van der Waals surface area contributed by atoms with Crippen LogP contribution in [-0.2, 0) is 14.8 Å². The molecule has 9 heteroatoms. The fourth-order valence-corrected chi connectivity index (χ4v) is 2.25. The van der Waals surface area contributed by atoms with Crippen LogP contribution in [0.15, 0.2) is 21.8 Å². The smallest absolute Gasteiger partial charge is 0.309 e. The molecule has 1 heterocycles. The maximum Gasteiger partial charge on any atom is 0.309 e. The molecule has 1 aromatic heterocycles. The molecule has 22 heavy (non-hydrogen) atoms. The summed E-state index contributed by atoms with van der Waals surface area (Å²) in [6.07, 6.45) is 1.29. The number of amides is 1. The SMILES string of the molecule is CN(C)S(=O)(=O)c1cc(C(=O)NCCC(C)(C)C(=O)O)co1. The van der Waals surface area contributed by atoms with Gasteiger partial charge in [0.2, 0.25) is 5.09 Å². The zero-order chi connectivity index (χ0) is 17.1. The van der Waals surface area contributed by atoms with E-state index in [1.807, 2.05) is 0 Å². The Morgan fingerprint density at radius 3 is 2.45 bits per heavy atom. The fraction of sp³-hybridized carbons (Fsp3) is 0.538. The standard InChI is InChI=1S/C13H20N2O6S/c1-13(2,12(17)18)5-6-14-11(16)9-7-10(21-8-9)22(19,20)15(3)4/h7-8H,5-6H2,1-4H3,(H,14,16)(H,17,18). The summed E-state index contributed by atoms with van der Waals surface area (Å²) >= 11 is 0. The molecular formula is C13H20N2O6S. The minimum atomic E-state index is -3.74. The summed E-state index contributed by atoms with van der Waals surface area (Å²) in [7, 11) is -1.03. The number of aliphatic carboxylic acids is 1.